The molecule has 4 nitrogen and oxygen atoms in total. The van der Waals surface area contributed by atoms with Crippen molar-refractivity contribution in [1.82, 2.24) is 10.2 Å². The predicted molar refractivity (Wildman–Crippen MR) is 70.0 cm³/mol. The zero-order chi connectivity index (χ0) is 12.8. The fraction of sp³-hybridized carbons (Fsp3) is 0.273. The number of nitrogens with two attached hydrogens (primary N) is 1. The molecule has 18 heavy (non-hydrogen) atoms. The molecule has 0 bridgehead atoms. The van der Waals surface area contributed by atoms with E-state index in [9.17, 15) is 4.39 Å². The van der Waals surface area contributed by atoms with Crippen LogP contribution in [0, 0.1) is 5.82 Å². The summed E-state index contributed by atoms with van der Waals surface area (Å²) in [5.41, 5.74) is 5.37. The van der Waals surface area contributed by atoms with Crippen LogP contribution < -0.4 is 5.73 Å². The molecule has 0 saturated heterocycles. The Morgan fingerprint density at radius 1 is 1.11 bits per heavy atom. The van der Waals surface area contributed by atoms with Gasteiger partial charge in [-0.3, -0.25) is 0 Å². The van der Waals surface area contributed by atoms with E-state index in [4.69, 9.17) is 10.2 Å². The van der Waals surface area contributed by atoms with Gasteiger partial charge in [0.1, 0.15) is 5.82 Å². The fourth-order valence-electron chi connectivity index (χ4n) is 1.20. The van der Waals surface area contributed by atoms with E-state index in [2.05, 4.69) is 10.2 Å². The van der Waals surface area contributed by atoms with E-state index < -0.39 is 0 Å². The van der Waals surface area contributed by atoms with Gasteiger partial charge in [0.25, 0.3) is 5.22 Å². The maximum Gasteiger partial charge on any atom is 0.276 e. The van der Waals surface area contributed by atoms with Crippen molar-refractivity contribution in [3.05, 3.63) is 36.0 Å². The van der Waals surface area contributed by atoms with Crippen molar-refractivity contribution in [2.75, 3.05) is 11.5 Å². The van der Waals surface area contributed by atoms with Gasteiger partial charge in [-0.1, -0.05) is 11.8 Å². The summed E-state index contributed by atoms with van der Waals surface area (Å²) in [7, 11) is 0. The van der Waals surface area contributed by atoms with Gasteiger partial charge in [0, 0.05) is 16.4 Å². The number of hydrogen-bond acceptors (Lipinski definition) is 6. The largest absolute Gasteiger partial charge is 0.415 e. The Morgan fingerprint density at radius 2 is 1.83 bits per heavy atom. The van der Waals surface area contributed by atoms with Crippen molar-refractivity contribution in [2.45, 2.75) is 16.7 Å². The average Bonchev–Trinajstić information content (AvgIpc) is 2.85. The fourth-order valence-corrected chi connectivity index (χ4v) is 2.86. The van der Waals surface area contributed by atoms with Gasteiger partial charge >= 0.3 is 0 Å². The molecule has 1 aromatic carbocycles. The van der Waals surface area contributed by atoms with Crippen LogP contribution in [-0.2, 0) is 6.54 Å². The van der Waals surface area contributed by atoms with Gasteiger partial charge in [0.15, 0.2) is 0 Å². The lowest BCUT2D eigenvalue weighted by Crippen LogP contribution is -1.95. The maximum absolute atomic E-state index is 12.7. The third-order valence-corrected chi connectivity index (χ3v) is 4.11. The number of benzene rings is 1. The van der Waals surface area contributed by atoms with E-state index in [1.165, 1.54) is 23.9 Å². The van der Waals surface area contributed by atoms with E-state index in [0.29, 0.717) is 11.1 Å². The van der Waals surface area contributed by atoms with Crippen LogP contribution in [0.15, 0.2) is 38.8 Å². The third-order valence-electron chi connectivity index (χ3n) is 2.01. The molecular weight excluding hydrogens is 273 g/mol. The molecule has 0 unspecified atom stereocenters. The van der Waals surface area contributed by atoms with E-state index >= 15 is 0 Å². The molecule has 2 aromatic rings. The standard InChI is InChI=1S/C11H12FN3OS2/c12-8-1-3-9(4-2-8)17-5-6-18-11-15-14-10(7-13)16-11/h1-4H,5-7,13H2. The minimum atomic E-state index is -0.214. The quantitative estimate of drug-likeness (QED) is 0.650. The van der Waals surface area contributed by atoms with Crippen molar-refractivity contribution in [3.63, 3.8) is 0 Å². The molecule has 2 rings (SSSR count). The van der Waals surface area contributed by atoms with E-state index in [-0.39, 0.29) is 12.4 Å². The Morgan fingerprint density at radius 3 is 2.50 bits per heavy atom. The Kier molecular flexibility index (Phi) is 5.03. The van der Waals surface area contributed by atoms with Gasteiger partial charge in [0.05, 0.1) is 6.54 Å². The third kappa shape index (κ3) is 4.01. The Balaban J connectivity index is 1.71. The summed E-state index contributed by atoms with van der Waals surface area (Å²) in [6.07, 6.45) is 0. The molecule has 0 saturated carbocycles. The molecule has 0 aliphatic rings. The molecule has 0 aliphatic heterocycles. The molecule has 0 atom stereocenters. The normalized spacial score (nSPS) is 10.8. The summed E-state index contributed by atoms with van der Waals surface area (Å²) in [6, 6.07) is 6.45. The molecular formula is C11H12FN3OS2. The lowest BCUT2D eigenvalue weighted by Gasteiger charge is -1.99. The molecule has 0 fully saturated rings. The molecule has 1 heterocycles. The van der Waals surface area contributed by atoms with Crippen LogP contribution in [-0.4, -0.2) is 21.7 Å². The molecule has 0 radical (unpaired) electrons. The monoisotopic (exact) mass is 285 g/mol. The number of rotatable bonds is 6. The minimum Gasteiger partial charge on any atom is -0.415 e. The van der Waals surface area contributed by atoms with Gasteiger partial charge in [-0.15, -0.1) is 22.0 Å². The second-order valence-electron chi connectivity index (χ2n) is 3.32. The van der Waals surface area contributed by atoms with Crippen LogP contribution in [0.3, 0.4) is 0 Å². The summed E-state index contributed by atoms with van der Waals surface area (Å²) in [4.78, 5) is 1.05. The number of halogens is 1. The highest BCUT2D eigenvalue weighted by atomic mass is 32.2. The smallest absolute Gasteiger partial charge is 0.276 e. The first-order valence-corrected chi connectivity index (χ1v) is 7.28. The van der Waals surface area contributed by atoms with E-state index in [1.807, 2.05) is 0 Å². The Labute approximate surface area is 113 Å². The average molecular weight is 285 g/mol. The zero-order valence-electron chi connectivity index (χ0n) is 9.51. The van der Waals surface area contributed by atoms with Crippen molar-refractivity contribution < 1.29 is 8.81 Å². The van der Waals surface area contributed by atoms with E-state index in [0.717, 1.165) is 16.4 Å². The lowest BCUT2D eigenvalue weighted by molar-refractivity contribution is 0.415. The van der Waals surface area contributed by atoms with Crippen LogP contribution in [0.4, 0.5) is 4.39 Å². The van der Waals surface area contributed by atoms with Crippen molar-refractivity contribution >= 4 is 23.5 Å². The Bertz CT molecular complexity index is 489. The van der Waals surface area contributed by atoms with E-state index in [1.54, 1.807) is 23.9 Å². The topological polar surface area (TPSA) is 64.9 Å². The summed E-state index contributed by atoms with van der Waals surface area (Å²) in [5.74, 6) is 1.96. The first-order chi connectivity index (χ1) is 8.78. The zero-order valence-corrected chi connectivity index (χ0v) is 11.1. The maximum atomic E-state index is 12.7. The first-order valence-electron chi connectivity index (χ1n) is 5.31. The minimum absolute atomic E-state index is 0.214. The summed E-state index contributed by atoms with van der Waals surface area (Å²) < 4.78 is 17.9. The van der Waals surface area contributed by atoms with Crippen molar-refractivity contribution in [1.29, 1.82) is 0 Å². The van der Waals surface area contributed by atoms with Crippen molar-refractivity contribution in [2.24, 2.45) is 5.73 Å². The summed E-state index contributed by atoms with van der Waals surface area (Å²) in [5, 5.41) is 8.16. The number of aromatic nitrogens is 2. The van der Waals surface area contributed by atoms with Crippen LogP contribution in [0.2, 0.25) is 0 Å². The lowest BCUT2D eigenvalue weighted by atomic mass is 10.4. The second kappa shape index (κ2) is 6.77. The van der Waals surface area contributed by atoms with Gasteiger partial charge in [-0.25, -0.2) is 4.39 Å². The Hall–Kier alpha value is -1.05. The summed E-state index contributed by atoms with van der Waals surface area (Å²) in [6.45, 7) is 0.262. The highest BCUT2D eigenvalue weighted by Gasteiger charge is 2.04. The summed E-state index contributed by atoms with van der Waals surface area (Å²) >= 11 is 3.15. The van der Waals surface area contributed by atoms with Crippen LogP contribution in [0.1, 0.15) is 5.89 Å². The molecule has 96 valence electrons. The van der Waals surface area contributed by atoms with Gasteiger partial charge in [0.2, 0.25) is 5.89 Å². The SMILES string of the molecule is NCc1nnc(SCCSc2ccc(F)cc2)o1. The number of thioether (sulfide) groups is 2. The molecule has 7 heteroatoms. The molecule has 0 amide bonds. The van der Waals surface area contributed by atoms with Crippen LogP contribution in [0.25, 0.3) is 0 Å². The van der Waals surface area contributed by atoms with Gasteiger partial charge in [-0.05, 0) is 24.3 Å². The van der Waals surface area contributed by atoms with Crippen molar-refractivity contribution in [3.8, 4) is 0 Å². The predicted octanol–water partition coefficient (Wildman–Crippen LogP) is 2.55. The molecule has 0 spiro atoms. The van der Waals surface area contributed by atoms with Crippen LogP contribution >= 0.6 is 23.5 Å². The first kappa shape index (κ1) is 13.4. The number of nitrogens with zero attached hydrogens (tertiary/aromatic N) is 2. The van der Waals surface area contributed by atoms with Gasteiger partial charge < -0.3 is 10.2 Å². The molecule has 0 aliphatic carbocycles. The second-order valence-corrected chi connectivity index (χ2v) is 5.53. The molecule has 1 aromatic heterocycles. The number of hydrogen-bond donors (Lipinski definition) is 1. The highest BCUT2D eigenvalue weighted by Crippen LogP contribution is 2.22. The van der Waals surface area contributed by atoms with Crippen LogP contribution in [0.5, 0.6) is 0 Å². The van der Waals surface area contributed by atoms with Gasteiger partial charge in [-0.2, -0.15) is 0 Å². The highest BCUT2D eigenvalue weighted by molar-refractivity contribution is 8.02. The molecule has 2 N–H and O–H groups in total.